The van der Waals surface area contributed by atoms with Gasteiger partial charge in [-0.25, -0.2) is 4.79 Å². The Bertz CT molecular complexity index is 1020. The molecule has 0 saturated carbocycles. The van der Waals surface area contributed by atoms with Gasteiger partial charge in [-0.3, -0.25) is 14.5 Å². The van der Waals surface area contributed by atoms with Gasteiger partial charge in [0.05, 0.1) is 0 Å². The second kappa shape index (κ2) is 10.1. The highest BCUT2D eigenvalue weighted by Gasteiger charge is 2.26. The third kappa shape index (κ3) is 5.35. The van der Waals surface area contributed by atoms with Crippen LogP contribution in [0.3, 0.4) is 0 Å². The standard InChI is InChI=1S/C26H34N4O3/c1-17(2)30(26(27)33)23-16-22(7-6-18(23)3)25(32)29-14-12-20(13-15-29)19-8-10-21(11-9-19)24(31)28(4)5/h6-11,16-17,20H,12-15H2,1-5H3,(H2,27,33). The summed E-state index contributed by atoms with van der Waals surface area (Å²) in [7, 11) is 3.49. The van der Waals surface area contributed by atoms with Crippen LogP contribution in [0.25, 0.3) is 0 Å². The number of hydrogen-bond donors (Lipinski definition) is 1. The number of primary amides is 1. The molecular weight excluding hydrogens is 416 g/mol. The fourth-order valence-electron chi connectivity index (χ4n) is 4.41. The molecule has 33 heavy (non-hydrogen) atoms. The molecule has 0 spiro atoms. The van der Waals surface area contributed by atoms with E-state index in [1.54, 1.807) is 25.1 Å². The van der Waals surface area contributed by atoms with E-state index in [9.17, 15) is 14.4 Å². The largest absolute Gasteiger partial charge is 0.351 e. The summed E-state index contributed by atoms with van der Waals surface area (Å²) in [6, 6.07) is 12.6. The summed E-state index contributed by atoms with van der Waals surface area (Å²) < 4.78 is 0. The lowest BCUT2D eigenvalue weighted by Gasteiger charge is -2.33. The van der Waals surface area contributed by atoms with E-state index in [2.05, 4.69) is 0 Å². The lowest BCUT2D eigenvalue weighted by molar-refractivity contribution is 0.0712. The average molecular weight is 451 g/mol. The Labute approximate surface area is 196 Å². The number of rotatable bonds is 5. The maximum Gasteiger partial charge on any atom is 0.319 e. The van der Waals surface area contributed by atoms with Gasteiger partial charge >= 0.3 is 6.03 Å². The number of amides is 4. The fraction of sp³-hybridized carbons (Fsp3) is 0.423. The maximum atomic E-state index is 13.2. The number of benzene rings is 2. The van der Waals surface area contributed by atoms with Crippen LogP contribution in [-0.2, 0) is 0 Å². The van der Waals surface area contributed by atoms with Crippen molar-refractivity contribution in [2.45, 2.75) is 45.6 Å². The molecule has 0 unspecified atom stereocenters. The number of piperidine rings is 1. The van der Waals surface area contributed by atoms with Crippen LogP contribution in [0.4, 0.5) is 10.5 Å². The molecule has 1 heterocycles. The van der Waals surface area contributed by atoms with Gasteiger partial charge in [-0.2, -0.15) is 0 Å². The Hall–Kier alpha value is -3.35. The van der Waals surface area contributed by atoms with E-state index in [1.807, 2.05) is 62.1 Å². The van der Waals surface area contributed by atoms with Crippen molar-refractivity contribution in [1.29, 1.82) is 0 Å². The molecule has 1 saturated heterocycles. The number of urea groups is 1. The number of carbonyl (C=O) groups excluding carboxylic acids is 3. The zero-order valence-corrected chi connectivity index (χ0v) is 20.2. The van der Waals surface area contributed by atoms with Gasteiger partial charge in [0.15, 0.2) is 0 Å². The molecule has 2 N–H and O–H groups in total. The Morgan fingerprint density at radius 3 is 2.06 bits per heavy atom. The van der Waals surface area contributed by atoms with Crippen molar-refractivity contribution in [2.75, 3.05) is 32.1 Å². The molecule has 1 aliphatic heterocycles. The number of nitrogens with zero attached hydrogens (tertiary/aromatic N) is 3. The number of anilines is 1. The summed E-state index contributed by atoms with van der Waals surface area (Å²) in [6.45, 7) is 7.02. The van der Waals surface area contributed by atoms with Gasteiger partial charge in [-0.15, -0.1) is 0 Å². The first-order valence-electron chi connectivity index (χ1n) is 11.4. The lowest BCUT2D eigenvalue weighted by atomic mass is 9.88. The number of hydrogen-bond acceptors (Lipinski definition) is 3. The normalized spacial score (nSPS) is 14.3. The van der Waals surface area contributed by atoms with Crippen LogP contribution in [0.15, 0.2) is 42.5 Å². The summed E-state index contributed by atoms with van der Waals surface area (Å²) in [5.41, 5.74) is 9.60. The summed E-state index contributed by atoms with van der Waals surface area (Å²) >= 11 is 0. The maximum absolute atomic E-state index is 13.2. The first-order chi connectivity index (χ1) is 15.6. The molecule has 0 aliphatic carbocycles. The number of aryl methyl sites for hydroxylation is 1. The predicted octanol–water partition coefficient (Wildman–Crippen LogP) is 4.01. The zero-order valence-electron chi connectivity index (χ0n) is 20.2. The van der Waals surface area contributed by atoms with Crippen molar-refractivity contribution < 1.29 is 14.4 Å². The molecule has 4 amide bonds. The molecule has 1 aliphatic rings. The quantitative estimate of drug-likeness (QED) is 0.747. The van der Waals surface area contributed by atoms with E-state index in [4.69, 9.17) is 5.73 Å². The van der Waals surface area contributed by atoms with Gasteiger partial charge in [-0.1, -0.05) is 18.2 Å². The SMILES string of the molecule is Cc1ccc(C(=O)N2CCC(c3ccc(C(=O)N(C)C)cc3)CC2)cc1N(C(N)=O)C(C)C. The van der Waals surface area contributed by atoms with Crippen molar-refractivity contribution >= 4 is 23.5 Å². The molecule has 3 rings (SSSR count). The third-order valence-corrected chi connectivity index (χ3v) is 6.29. The van der Waals surface area contributed by atoms with E-state index < -0.39 is 6.03 Å². The Morgan fingerprint density at radius 1 is 0.970 bits per heavy atom. The van der Waals surface area contributed by atoms with Crippen LogP contribution in [0.2, 0.25) is 0 Å². The van der Waals surface area contributed by atoms with Crippen molar-refractivity contribution in [2.24, 2.45) is 5.73 Å². The van der Waals surface area contributed by atoms with Crippen molar-refractivity contribution in [3.05, 3.63) is 64.7 Å². The highest BCUT2D eigenvalue weighted by molar-refractivity contribution is 5.98. The highest BCUT2D eigenvalue weighted by atomic mass is 16.2. The highest BCUT2D eigenvalue weighted by Crippen LogP contribution is 2.30. The summed E-state index contributed by atoms with van der Waals surface area (Å²) in [4.78, 5) is 42.2. The van der Waals surface area contributed by atoms with Crippen LogP contribution < -0.4 is 10.6 Å². The average Bonchev–Trinajstić information content (AvgIpc) is 2.79. The van der Waals surface area contributed by atoms with E-state index >= 15 is 0 Å². The van der Waals surface area contributed by atoms with Gasteiger partial charge in [-0.05, 0) is 74.9 Å². The molecule has 0 atom stereocenters. The smallest absolute Gasteiger partial charge is 0.319 e. The van der Waals surface area contributed by atoms with E-state index in [0.29, 0.717) is 35.8 Å². The van der Waals surface area contributed by atoms with Crippen molar-refractivity contribution in [3.63, 3.8) is 0 Å². The molecule has 0 aromatic heterocycles. The van der Waals surface area contributed by atoms with Crippen molar-refractivity contribution in [3.8, 4) is 0 Å². The van der Waals surface area contributed by atoms with E-state index in [1.165, 1.54) is 10.5 Å². The van der Waals surface area contributed by atoms with Gasteiger partial charge in [0.1, 0.15) is 0 Å². The Kier molecular flexibility index (Phi) is 7.41. The minimum Gasteiger partial charge on any atom is -0.351 e. The van der Waals surface area contributed by atoms with Crippen molar-refractivity contribution in [1.82, 2.24) is 9.80 Å². The minimum atomic E-state index is -0.531. The zero-order chi connectivity index (χ0) is 24.3. The van der Waals surface area contributed by atoms with Gasteiger partial charge < -0.3 is 15.5 Å². The number of likely N-dealkylation sites (tertiary alicyclic amines) is 1. The molecular formula is C26H34N4O3. The van der Waals surface area contributed by atoms with Gasteiger partial charge in [0, 0.05) is 50.0 Å². The second-order valence-corrected chi connectivity index (χ2v) is 9.19. The summed E-state index contributed by atoms with van der Waals surface area (Å²) in [6.07, 6.45) is 1.73. The molecule has 1 fully saturated rings. The first kappa shape index (κ1) is 24.3. The second-order valence-electron chi connectivity index (χ2n) is 9.19. The number of nitrogens with two attached hydrogens (primary N) is 1. The predicted molar refractivity (Wildman–Crippen MR) is 131 cm³/mol. The third-order valence-electron chi connectivity index (χ3n) is 6.29. The van der Waals surface area contributed by atoms with Crippen LogP contribution in [-0.4, -0.2) is 60.9 Å². The topological polar surface area (TPSA) is 87.0 Å². The minimum absolute atomic E-state index is 0.00759. The summed E-state index contributed by atoms with van der Waals surface area (Å²) in [5, 5.41) is 0. The molecule has 0 bridgehead atoms. The Morgan fingerprint density at radius 2 is 1.55 bits per heavy atom. The molecule has 176 valence electrons. The van der Waals surface area contributed by atoms with Crippen LogP contribution in [0, 0.1) is 6.92 Å². The van der Waals surface area contributed by atoms with Crippen LogP contribution in [0.1, 0.15) is 64.4 Å². The van der Waals surface area contributed by atoms with E-state index in [0.717, 1.165) is 18.4 Å². The fourth-order valence-corrected chi connectivity index (χ4v) is 4.41. The molecule has 0 radical (unpaired) electrons. The molecule has 7 nitrogen and oxygen atoms in total. The summed E-state index contributed by atoms with van der Waals surface area (Å²) in [5.74, 6) is 0.319. The van der Waals surface area contributed by atoms with E-state index in [-0.39, 0.29) is 17.9 Å². The molecule has 7 heteroatoms. The monoisotopic (exact) mass is 450 g/mol. The molecule has 2 aromatic rings. The van der Waals surface area contributed by atoms with Crippen LogP contribution in [0.5, 0.6) is 0 Å². The Balaban J connectivity index is 1.69. The lowest BCUT2D eigenvalue weighted by Crippen LogP contribution is -2.42. The number of carbonyl (C=O) groups is 3. The van der Waals surface area contributed by atoms with Gasteiger partial charge in [0.25, 0.3) is 11.8 Å². The first-order valence-corrected chi connectivity index (χ1v) is 11.4. The van der Waals surface area contributed by atoms with Gasteiger partial charge in [0.2, 0.25) is 0 Å². The molecule has 2 aromatic carbocycles. The van der Waals surface area contributed by atoms with Crippen LogP contribution >= 0.6 is 0 Å².